The zero-order valence-corrected chi connectivity index (χ0v) is 14.5. The van der Waals surface area contributed by atoms with E-state index >= 15 is 4.39 Å². The van der Waals surface area contributed by atoms with E-state index in [4.69, 9.17) is 16.3 Å². The van der Waals surface area contributed by atoms with Gasteiger partial charge in [-0.05, 0) is 40.3 Å². The van der Waals surface area contributed by atoms with Gasteiger partial charge in [-0.2, -0.15) is 0 Å². The highest BCUT2D eigenvalue weighted by Gasteiger charge is 2.29. The summed E-state index contributed by atoms with van der Waals surface area (Å²) in [5.41, 5.74) is 1.50. The Morgan fingerprint density at radius 2 is 1.78 bits per heavy atom. The quantitative estimate of drug-likeness (QED) is 0.595. The van der Waals surface area contributed by atoms with Gasteiger partial charge in [-0.1, -0.05) is 39.0 Å². The van der Waals surface area contributed by atoms with Crippen molar-refractivity contribution in [1.82, 2.24) is 0 Å². The highest BCUT2D eigenvalue weighted by molar-refractivity contribution is 6.17. The van der Waals surface area contributed by atoms with E-state index in [2.05, 4.69) is 0 Å². The fraction of sp³-hybridized carbons (Fsp3) is 0.368. The van der Waals surface area contributed by atoms with Gasteiger partial charge in [-0.3, -0.25) is 0 Å². The minimum atomic E-state index is -1.24. The maximum Gasteiger partial charge on any atom is 0.131 e. The molecule has 1 unspecified atom stereocenters. The molecule has 0 fully saturated rings. The van der Waals surface area contributed by atoms with Crippen LogP contribution < -0.4 is 4.74 Å². The Bertz CT molecular complexity index is 692. The Labute approximate surface area is 141 Å². The first-order valence-electron chi connectivity index (χ1n) is 7.44. The molecule has 0 aliphatic rings. The maximum atomic E-state index is 15.0. The van der Waals surface area contributed by atoms with Gasteiger partial charge >= 0.3 is 0 Å². The van der Waals surface area contributed by atoms with Gasteiger partial charge in [0.15, 0.2) is 0 Å². The predicted molar refractivity (Wildman–Crippen MR) is 91.2 cm³/mol. The molecule has 4 heteroatoms. The zero-order valence-electron chi connectivity index (χ0n) is 13.8. The summed E-state index contributed by atoms with van der Waals surface area (Å²) in [6, 6.07) is 9.70. The highest BCUT2D eigenvalue weighted by atomic mass is 35.5. The Kier molecular flexibility index (Phi) is 5.30. The van der Waals surface area contributed by atoms with Gasteiger partial charge in [0.05, 0.1) is 7.11 Å². The van der Waals surface area contributed by atoms with E-state index < -0.39 is 17.4 Å². The van der Waals surface area contributed by atoms with Gasteiger partial charge in [0.2, 0.25) is 0 Å². The summed E-state index contributed by atoms with van der Waals surface area (Å²) < 4.78 is 34.5. The maximum absolute atomic E-state index is 15.0. The van der Waals surface area contributed by atoms with Crippen molar-refractivity contribution in [3.8, 4) is 16.9 Å². The number of alkyl halides is 2. The molecule has 0 saturated carbocycles. The van der Waals surface area contributed by atoms with Crippen LogP contribution in [0.1, 0.15) is 38.1 Å². The summed E-state index contributed by atoms with van der Waals surface area (Å²) in [7, 11) is 1.52. The topological polar surface area (TPSA) is 9.23 Å². The van der Waals surface area contributed by atoms with Crippen LogP contribution >= 0.6 is 11.6 Å². The summed E-state index contributed by atoms with van der Waals surface area (Å²) in [4.78, 5) is 0. The summed E-state index contributed by atoms with van der Waals surface area (Å²) >= 11 is 5.88. The van der Waals surface area contributed by atoms with Gasteiger partial charge in [0.25, 0.3) is 0 Å². The van der Waals surface area contributed by atoms with Gasteiger partial charge < -0.3 is 4.74 Å². The molecular weight excluding hydrogens is 318 g/mol. The van der Waals surface area contributed by atoms with E-state index in [1.165, 1.54) is 13.2 Å². The average molecular weight is 339 g/mol. The molecule has 2 rings (SSSR count). The van der Waals surface area contributed by atoms with Crippen LogP contribution in [0.15, 0.2) is 36.4 Å². The standard InChI is InChI=1S/C19H21ClF2O/c1-19(2,3)18(22)16-9-12(11-20)5-7-14(16)15-10-13(23-4)6-8-17(15)21/h5-10,18H,11H2,1-4H3. The summed E-state index contributed by atoms with van der Waals surface area (Å²) in [5, 5.41) is 0. The molecule has 0 aliphatic heterocycles. The smallest absolute Gasteiger partial charge is 0.131 e. The van der Waals surface area contributed by atoms with E-state index in [-0.39, 0.29) is 5.88 Å². The number of ether oxygens (including phenoxy) is 1. The van der Waals surface area contributed by atoms with Crippen LogP contribution in [0.4, 0.5) is 8.78 Å². The molecule has 124 valence electrons. The first kappa shape index (κ1) is 17.7. The molecule has 1 nitrogen and oxygen atoms in total. The van der Waals surface area contributed by atoms with Gasteiger partial charge in [-0.15, -0.1) is 11.6 Å². The van der Waals surface area contributed by atoms with Crippen molar-refractivity contribution in [2.24, 2.45) is 5.41 Å². The lowest BCUT2D eigenvalue weighted by Gasteiger charge is -2.26. The second-order valence-electron chi connectivity index (χ2n) is 6.63. The summed E-state index contributed by atoms with van der Waals surface area (Å²) in [6.07, 6.45) is -1.24. The van der Waals surface area contributed by atoms with Crippen molar-refractivity contribution in [2.45, 2.75) is 32.8 Å². The number of hydrogen-bond acceptors (Lipinski definition) is 1. The van der Waals surface area contributed by atoms with Gasteiger partial charge in [-0.25, -0.2) is 8.78 Å². The van der Waals surface area contributed by atoms with Crippen molar-refractivity contribution >= 4 is 11.6 Å². The fourth-order valence-corrected chi connectivity index (χ4v) is 2.62. The van der Waals surface area contributed by atoms with E-state index in [9.17, 15) is 4.39 Å². The van der Waals surface area contributed by atoms with Crippen LogP contribution in [0.5, 0.6) is 5.75 Å². The van der Waals surface area contributed by atoms with Crippen LogP contribution in [0.3, 0.4) is 0 Å². The van der Waals surface area contributed by atoms with E-state index in [1.807, 2.05) is 20.8 Å². The second-order valence-corrected chi connectivity index (χ2v) is 6.90. The molecule has 0 aliphatic carbocycles. The largest absolute Gasteiger partial charge is 0.497 e. The van der Waals surface area contributed by atoms with Crippen molar-refractivity contribution in [3.05, 3.63) is 53.3 Å². The molecule has 0 saturated heterocycles. The van der Waals surface area contributed by atoms with Crippen LogP contribution in [0.25, 0.3) is 11.1 Å². The molecule has 1 atom stereocenters. The van der Waals surface area contributed by atoms with Crippen LogP contribution in [-0.4, -0.2) is 7.11 Å². The number of benzene rings is 2. The third-order valence-corrected chi connectivity index (χ3v) is 4.08. The Morgan fingerprint density at radius 3 is 2.35 bits per heavy atom. The fourth-order valence-electron chi connectivity index (χ4n) is 2.45. The molecule has 0 heterocycles. The third kappa shape index (κ3) is 3.84. The molecule has 0 amide bonds. The first-order valence-corrected chi connectivity index (χ1v) is 7.98. The summed E-state index contributed by atoms with van der Waals surface area (Å²) in [6.45, 7) is 5.45. The van der Waals surface area contributed by atoms with Crippen molar-refractivity contribution in [2.75, 3.05) is 7.11 Å². The lowest BCUT2D eigenvalue weighted by molar-refractivity contribution is 0.165. The molecule has 2 aromatic carbocycles. The molecule has 0 radical (unpaired) electrons. The van der Waals surface area contributed by atoms with Crippen molar-refractivity contribution in [1.29, 1.82) is 0 Å². The van der Waals surface area contributed by atoms with E-state index in [0.29, 0.717) is 22.4 Å². The minimum Gasteiger partial charge on any atom is -0.497 e. The normalized spacial score (nSPS) is 13.0. The molecule has 0 bridgehead atoms. The van der Waals surface area contributed by atoms with Crippen LogP contribution in [0, 0.1) is 11.2 Å². The van der Waals surface area contributed by atoms with Crippen LogP contribution in [0.2, 0.25) is 0 Å². The molecular formula is C19H21ClF2O. The summed E-state index contributed by atoms with van der Waals surface area (Å²) in [5.74, 6) is 0.400. The SMILES string of the molecule is COc1ccc(F)c(-c2ccc(CCl)cc2C(F)C(C)(C)C)c1. The van der Waals surface area contributed by atoms with Crippen molar-refractivity contribution in [3.63, 3.8) is 0 Å². The first-order chi connectivity index (χ1) is 10.8. The molecule has 2 aromatic rings. The molecule has 0 spiro atoms. The van der Waals surface area contributed by atoms with E-state index in [1.54, 1.807) is 30.3 Å². The lowest BCUT2D eigenvalue weighted by atomic mass is 9.82. The zero-order chi connectivity index (χ0) is 17.2. The van der Waals surface area contributed by atoms with E-state index in [0.717, 1.165) is 5.56 Å². The average Bonchev–Trinajstić information content (AvgIpc) is 2.53. The highest BCUT2D eigenvalue weighted by Crippen LogP contribution is 2.42. The third-order valence-electron chi connectivity index (χ3n) is 3.77. The monoisotopic (exact) mass is 338 g/mol. The molecule has 0 N–H and O–H groups in total. The van der Waals surface area contributed by atoms with Crippen LogP contribution in [-0.2, 0) is 5.88 Å². The Balaban J connectivity index is 2.67. The number of halogens is 3. The predicted octanol–water partition coefficient (Wildman–Crippen LogP) is 6.30. The van der Waals surface area contributed by atoms with Crippen molar-refractivity contribution < 1.29 is 13.5 Å². The minimum absolute atomic E-state index is 0.282. The lowest BCUT2D eigenvalue weighted by Crippen LogP contribution is -2.15. The van der Waals surface area contributed by atoms with Gasteiger partial charge in [0, 0.05) is 11.4 Å². The Hall–Kier alpha value is -1.61. The number of rotatable bonds is 4. The van der Waals surface area contributed by atoms with Gasteiger partial charge in [0.1, 0.15) is 17.7 Å². The second kappa shape index (κ2) is 6.88. The Morgan fingerprint density at radius 1 is 1.09 bits per heavy atom. The molecule has 0 aromatic heterocycles. The molecule has 23 heavy (non-hydrogen) atoms. The number of hydrogen-bond donors (Lipinski definition) is 0. The number of methoxy groups -OCH3 is 1.